The van der Waals surface area contributed by atoms with E-state index >= 15 is 0 Å². The Morgan fingerprint density at radius 1 is 1.05 bits per heavy atom. The lowest BCUT2D eigenvalue weighted by molar-refractivity contribution is -0.151. The number of alkyl halides is 3. The lowest BCUT2D eigenvalue weighted by Crippen LogP contribution is -2.42. The molecule has 4 rings (SSSR count). The van der Waals surface area contributed by atoms with Crippen LogP contribution in [0.5, 0.6) is 0 Å². The van der Waals surface area contributed by atoms with Crippen molar-refractivity contribution in [3.63, 3.8) is 0 Å². The minimum atomic E-state index is -4.45. The minimum Gasteiger partial charge on any atom is -0.375 e. The first kappa shape index (κ1) is 29.7. The predicted octanol–water partition coefficient (Wildman–Crippen LogP) is 5.22. The maximum absolute atomic E-state index is 13.7. The molecule has 1 unspecified atom stereocenters. The molecular weight excluding hydrogens is 632 g/mol. The molecule has 1 fully saturated rings. The number of rotatable bonds is 4. The fourth-order valence-corrected chi connectivity index (χ4v) is 4.35. The van der Waals surface area contributed by atoms with E-state index in [0.717, 1.165) is 19.2 Å². The highest BCUT2D eigenvalue weighted by Gasteiger charge is 2.41. The Morgan fingerprint density at radius 3 is 2.26 bits per heavy atom. The van der Waals surface area contributed by atoms with Crippen LogP contribution in [0.15, 0.2) is 84.2 Å². The number of likely N-dealkylation sites (N-methyl/N-ethyl adjacent to an activating group) is 1. The van der Waals surface area contributed by atoms with Gasteiger partial charge in [0.2, 0.25) is 5.91 Å². The van der Waals surface area contributed by atoms with Gasteiger partial charge in [-0.05, 0) is 77.7 Å². The number of nitrogens with zero attached hydrogens (tertiary/aromatic N) is 2. The number of benzene rings is 2. The molecule has 2 aromatic rings. The number of carbonyl (C=O) groups is 2. The van der Waals surface area contributed by atoms with Gasteiger partial charge in [0.15, 0.2) is 0 Å². The van der Waals surface area contributed by atoms with E-state index in [-0.39, 0.29) is 17.2 Å². The summed E-state index contributed by atoms with van der Waals surface area (Å²) in [5, 5.41) is 3.06. The molecule has 0 aromatic heterocycles. The van der Waals surface area contributed by atoms with Gasteiger partial charge in [0.05, 0.1) is 5.02 Å². The standard InChI is InChI=1S/C20H20ClF3IN3O.C7H7NO/c1-27-6-8-28(9-7-27)12-14-2-4-15(11-16(14)20(22,23)24)26-19(29)13-3-5-17(21)18(25)10-13;8-7(9)6-4-2-1-3-5-6/h2-5,10-12,16H,6-9H2,1H3,(H,26,29);1-5H,(H2,8,9). The van der Waals surface area contributed by atoms with Crippen LogP contribution < -0.4 is 11.1 Å². The van der Waals surface area contributed by atoms with Gasteiger partial charge in [-0.1, -0.05) is 35.9 Å². The van der Waals surface area contributed by atoms with Crippen molar-refractivity contribution in [3.05, 3.63) is 104 Å². The quantitative estimate of drug-likeness (QED) is 0.442. The van der Waals surface area contributed by atoms with Gasteiger partial charge in [-0.3, -0.25) is 9.59 Å². The van der Waals surface area contributed by atoms with Gasteiger partial charge in [0.25, 0.3) is 5.91 Å². The molecule has 3 N–H and O–H groups in total. The van der Waals surface area contributed by atoms with E-state index in [9.17, 15) is 22.8 Å². The summed E-state index contributed by atoms with van der Waals surface area (Å²) in [7, 11) is 1.99. The molecule has 202 valence electrons. The highest BCUT2D eigenvalue weighted by molar-refractivity contribution is 14.1. The summed E-state index contributed by atoms with van der Waals surface area (Å²) in [5.74, 6) is -2.63. The zero-order chi connectivity index (χ0) is 27.9. The number of hydrogen-bond acceptors (Lipinski definition) is 4. The van der Waals surface area contributed by atoms with Crippen LogP contribution in [0.25, 0.3) is 0 Å². The molecule has 0 spiro atoms. The Morgan fingerprint density at radius 2 is 1.71 bits per heavy atom. The second kappa shape index (κ2) is 13.3. The molecular formula is C27H27ClF3IN4O2. The summed E-state index contributed by atoms with van der Waals surface area (Å²) in [5.41, 5.74) is 6.15. The smallest absolute Gasteiger partial charge is 0.375 e. The second-order valence-corrected chi connectivity index (χ2v) is 10.3. The minimum absolute atomic E-state index is 0.123. The molecule has 1 aliphatic heterocycles. The lowest BCUT2D eigenvalue weighted by atomic mass is 9.93. The van der Waals surface area contributed by atoms with Gasteiger partial charge < -0.3 is 20.9 Å². The van der Waals surface area contributed by atoms with E-state index in [1.165, 1.54) is 18.2 Å². The largest absolute Gasteiger partial charge is 0.399 e. The first-order valence-electron chi connectivity index (χ1n) is 11.7. The Hall–Kier alpha value is -2.83. The van der Waals surface area contributed by atoms with Gasteiger partial charge in [-0.15, -0.1) is 0 Å². The van der Waals surface area contributed by atoms with Crippen molar-refractivity contribution in [1.82, 2.24) is 15.1 Å². The van der Waals surface area contributed by atoms with Crippen LogP contribution in [0.3, 0.4) is 0 Å². The Bertz CT molecular complexity index is 1240. The summed E-state index contributed by atoms with van der Waals surface area (Å²) in [6.45, 7) is 2.98. The van der Waals surface area contributed by atoms with Crippen molar-refractivity contribution < 1.29 is 22.8 Å². The summed E-state index contributed by atoms with van der Waals surface area (Å²) < 4.78 is 41.7. The molecule has 1 saturated heterocycles. The van der Waals surface area contributed by atoms with Crippen molar-refractivity contribution in [2.24, 2.45) is 11.7 Å². The van der Waals surface area contributed by atoms with E-state index < -0.39 is 18.0 Å². The van der Waals surface area contributed by atoms with Crippen molar-refractivity contribution in [1.29, 1.82) is 0 Å². The first-order valence-corrected chi connectivity index (χ1v) is 13.1. The van der Waals surface area contributed by atoms with E-state index in [1.54, 1.807) is 42.6 Å². The summed E-state index contributed by atoms with van der Waals surface area (Å²) in [4.78, 5) is 26.9. The van der Waals surface area contributed by atoms with Crippen molar-refractivity contribution in [2.75, 3.05) is 33.2 Å². The molecule has 1 heterocycles. The van der Waals surface area contributed by atoms with Crippen molar-refractivity contribution in [2.45, 2.75) is 6.18 Å². The van der Waals surface area contributed by atoms with Crippen LogP contribution in [0.4, 0.5) is 13.2 Å². The molecule has 0 saturated carbocycles. The third-order valence-electron chi connectivity index (χ3n) is 5.88. The van der Waals surface area contributed by atoms with Crippen LogP contribution in [0.2, 0.25) is 5.02 Å². The maximum Gasteiger partial charge on any atom is 0.399 e. The van der Waals surface area contributed by atoms with E-state index in [4.69, 9.17) is 17.3 Å². The molecule has 2 aromatic carbocycles. The second-order valence-electron chi connectivity index (χ2n) is 8.76. The van der Waals surface area contributed by atoms with E-state index in [1.807, 2.05) is 40.6 Å². The summed E-state index contributed by atoms with van der Waals surface area (Å²) in [6, 6.07) is 13.5. The Kier molecular flexibility index (Phi) is 10.4. The number of halogens is 5. The molecule has 2 aliphatic rings. The van der Waals surface area contributed by atoms with E-state index in [0.29, 0.717) is 32.8 Å². The number of hydrogen-bond donors (Lipinski definition) is 2. The van der Waals surface area contributed by atoms with Crippen LogP contribution in [-0.2, 0) is 0 Å². The highest BCUT2D eigenvalue weighted by atomic mass is 127. The molecule has 11 heteroatoms. The zero-order valence-corrected chi connectivity index (χ0v) is 23.4. The monoisotopic (exact) mass is 658 g/mol. The first-order chi connectivity index (χ1) is 17.9. The summed E-state index contributed by atoms with van der Waals surface area (Å²) in [6.07, 6.45) is 1.12. The van der Waals surface area contributed by atoms with Crippen molar-refractivity contribution >= 4 is 46.0 Å². The Labute approximate surface area is 238 Å². The van der Waals surface area contributed by atoms with Crippen LogP contribution in [0.1, 0.15) is 20.7 Å². The lowest BCUT2D eigenvalue weighted by Gasteiger charge is -2.33. The molecule has 1 atom stereocenters. The van der Waals surface area contributed by atoms with Crippen LogP contribution in [0, 0.1) is 9.49 Å². The average Bonchev–Trinajstić information content (AvgIpc) is 2.88. The third-order valence-corrected chi connectivity index (χ3v) is 7.42. The number of piperazine rings is 1. The topological polar surface area (TPSA) is 78.7 Å². The molecule has 6 nitrogen and oxygen atoms in total. The van der Waals surface area contributed by atoms with Gasteiger partial charge in [-0.25, -0.2) is 0 Å². The Balaban J connectivity index is 0.000000375. The zero-order valence-electron chi connectivity index (χ0n) is 20.5. The van der Waals surface area contributed by atoms with Crippen LogP contribution in [-0.4, -0.2) is 61.0 Å². The number of nitrogens with one attached hydrogen (secondary N) is 1. The van der Waals surface area contributed by atoms with Gasteiger partial charge >= 0.3 is 6.18 Å². The van der Waals surface area contributed by atoms with Gasteiger partial charge in [0.1, 0.15) is 5.92 Å². The highest BCUT2D eigenvalue weighted by Crippen LogP contribution is 2.37. The fourth-order valence-electron chi connectivity index (χ4n) is 3.72. The fraction of sp³-hybridized carbons (Fsp3) is 0.259. The normalized spacial score (nSPS) is 18.9. The number of amides is 2. The van der Waals surface area contributed by atoms with Gasteiger partial charge in [-0.2, -0.15) is 13.2 Å². The molecule has 0 bridgehead atoms. The molecule has 1 aliphatic carbocycles. The molecule has 38 heavy (non-hydrogen) atoms. The number of nitrogens with two attached hydrogens (primary N) is 1. The SMILES string of the molecule is CN1CCN(C=C2C=CC(NC(=O)c3ccc(Cl)c(I)c3)=CC2C(F)(F)F)CC1.NC(=O)c1ccccc1. The third kappa shape index (κ3) is 8.60. The molecule has 0 radical (unpaired) electrons. The average molecular weight is 659 g/mol. The van der Waals surface area contributed by atoms with Gasteiger partial charge in [0, 0.05) is 52.8 Å². The van der Waals surface area contributed by atoms with Crippen molar-refractivity contribution in [3.8, 4) is 0 Å². The molecule has 2 amide bonds. The predicted molar refractivity (Wildman–Crippen MR) is 151 cm³/mol. The number of carbonyl (C=O) groups excluding carboxylic acids is 2. The number of primary amides is 1. The maximum atomic E-state index is 13.7. The summed E-state index contributed by atoms with van der Waals surface area (Å²) >= 11 is 7.94. The van der Waals surface area contributed by atoms with E-state index in [2.05, 4.69) is 10.2 Å². The van der Waals surface area contributed by atoms with Crippen LogP contribution >= 0.6 is 34.2 Å². The number of allylic oxidation sites excluding steroid dienone is 4.